The zero-order chi connectivity index (χ0) is 13.8. The van der Waals surface area contributed by atoms with Gasteiger partial charge in [-0.05, 0) is 41.9 Å². The minimum absolute atomic E-state index is 0.0186. The molecule has 19 heavy (non-hydrogen) atoms. The summed E-state index contributed by atoms with van der Waals surface area (Å²) in [6.45, 7) is 2.87. The van der Waals surface area contributed by atoms with E-state index >= 15 is 0 Å². The third-order valence-electron chi connectivity index (χ3n) is 2.84. The average Bonchev–Trinajstić information content (AvgIpc) is 2.36. The highest BCUT2D eigenvalue weighted by Gasteiger charge is 2.16. The third-order valence-corrected chi connectivity index (χ3v) is 3.62. The summed E-state index contributed by atoms with van der Waals surface area (Å²) < 4.78 is 0. The molecule has 0 saturated carbocycles. The molecule has 0 spiro atoms. The van der Waals surface area contributed by atoms with Crippen molar-refractivity contribution in [1.29, 1.82) is 0 Å². The van der Waals surface area contributed by atoms with Gasteiger partial charge in [0.05, 0.1) is 6.04 Å². The van der Waals surface area contributed by atoms with Gasteiger partial charge in [0.2, 0.25) is 0 Å². The Hall–Kier alpha value is -0.730. The van der Waals surface area contributed by atoms with Gasteiger partial charge in [0.15, 0.2) is 0 Å². The Morgan fingerprint density at radius 1 is 1.00 bits per heavy atom. The highest BCUT2D eigenvalue weighted by molar-refractivity contribution is 6.34. The van der Waals surface area contributed by atoms with Crippen LogP contribution in [0.4, 0.5) is 0 Å². The van der Waals surface area contributed by atoms with Crippen molar-refractivity contribution in [2.75, 3.05) is 6.54 Å². The van der Waals surface area contributed by atoms with Crippen molar-refractivity contribution >= 4 is 34.8 Å². The summed E-state index contributed by atoms with van der Waals surface area (Å²) in [6, 6.07) is 13.3. The van der Waals surface area contributed by atoms with Crippen molar-refractivity contribution in [3.05, 3.63) is 68.7 Å². The van der Waals surface area contributed by atoms with E-state index in [1.165, 1.54) is 0 Å². The Kier molecular flexibility index (Phi) is 5.12. The van der Waals surface area contributed by atoms with E-state index in [2.05, 4.69) is 12.2 Å². The van der Waals surface area contributed by atoms with Crippen LogP contribution in [-0.2, 0) is 0 Å². The van der Waals surface area contributed by atoms with Crippen LogP contribution in [-0.4, -0.2) is 6.54 Å². The van der Waals surface area contributed by atoms with E-state index in [0.29, 0.717) is 10.0 Å². The second kappa shape index (κ2) is 6.62. The standard InChI is InChI=1S/C15H14Cl3N/c1-2-19-15(13-5-3-4-6-14(13)18)10-7-11(16)9-12(17)8-10/h3-9,15,19H,2H2,1H3. The molecule has 0 aliphatic rings. The van der Waals surface area contributed by atoms with Crippen molar-refractivity contribution in [1.82, 2.24) is 5.32 Å². The normalized spacial score (nSPS) is 12.4. The number of nitrogens with one attached hydrogen (secondary N) is 1. The zero-order valence-corrected chi connectivity index (χ0v) is 12.7. The first-order valence-corrected chi connectivity index (χ1v) is 7.19. The Labute approximate surface area is 128 Å². The first kappa shape index (κ1) is 14.7. The van der Waals surface area contributed by atoms with E-state index in [4.69, 9.17) is 34.8 Å². The molecule has 0 aliphatic heterocycles. The van der Waals surface area contributed by atoms with Gasteiger partial charge in [-0.15, -0.1) is 0 Å². The van der Waals surface area contributed by atoms with Gasteiger partial charge < -0.3 is 5.32 Å². The van der Waals surface area contributed by atoms with Crippen molar-refractivity contribution in [3.63, 3.8) is 0 Å². The van der Waals surface area contributed by atoms with E-state index < -0.39 is 0 Å². The highest BCUT2D eigenvalue weighted by atomic mass is 35.5. The molecule has 100 valence electrons. The molecule has 1 N–H and O–H groups in total. The Balaban J connectivity index is 2.48. The molecule has 0 amide bonds. The van der Waals surface area contributed by atoms with E-state index in [0.717, 1.165) is 22.7 Å². The molecule has 0 heterocycles. The topological polar surface area (TPSA) is 12.0 Å². The van der Waals surface area contributed by atoms with Gasteiger partial charge in [-0.2, -0.15) is 0 Å². The summed E-state index contributed by atoms with van der Waals surface area (Å²) in [6.07, 6.45) is 0. The summed E-state index contributed by atoms with van der Waals surface area (Å²) in [5.74, 6) is 0. The Bertz CT molecular complexity index is 549. The Morgan fingerprint density at radius 2 is 1.63 bits per heavy atom. The van der Waals surface area contributed by atoms with Gasteiger partial charge in [0, 0.05) is 15.1 Å². The summed E-state index contributed by atoms with van der Waals surface area (Å²) in [7, 11) is 0. The summed E-state index contributed by atoms with van der Waals surface area (Å²) in [5.41, 5.74) is 2.02. The predicted molar refractivity (Wildman–Crippen MR) is 83.4 cm³/mol. The molecule has 0 bridgehead atoms. The van der Waals surface area contributed by atoms with Crippen molar-refractivity contribution in [3.8, 4) is 0 Å². The first-order valence-electron chi connectivity index (χ1n) is 6.05. The number of hydrogen-bond acceptors (Lipinski definition) is 1. The number of hydrogen-bond donors (Lipinski definition) is 1. The molecule has 2 rings (SSSR count). The van der Waals surface area contributed by atoms with Gasteiger partial charge in [-0.1, -0.05) is 59.9 Å². The minimum atomic E-state index is -0.0186. The summed E-state index contributed by atoms with van der Waals surface area (Å²) in [4.78, 5) is 0. The fourth-order valence-electron chi connectivity index (χ4n) is 2.06. The Morgan fingerprint density at radius 3 is 2.21 bits per heavy atom. The summed E-state index contributed by atoms with van der Waals surface area (Å²) >= 11 is 18.4. The van der Waals surface area contributed by atoms with Crippen LogP contribution in [0.3, 0.4) is 0 Å². The molecule has 0 fully saturated rings. The monoisotopic (exact) mass is 313 g/mol. The van der Waals surface area contributed by atoms with Crippen LogP contribution in [0.1, 0.15) is 24.1 Å². The molecular weight excluding hydrogens is 301 g/mol. The molecule has 1 atom stereocenters. The van der Waals surface area contributed by atoms with Gasteiger partial charge in [-0.25, -0.2) is 0 Å². The van der Waals surface area contributed by atoms with Crippen LogP contribution in [0, 0.1) is 0 Å². The van der Waals surface area contributed by atoms with Crippen molar-refractivity contribution < 1.29 is 0 Å². The van der Waals surface area contributed by atoms with Crippen molar-refractivity contribution in [2.24, 2.45) is 0 Å². The van der Waals surface area contributed by atoms with Gasteiger partial charge in [0.25, 0.3) is 0 Å². The molecule has 2 aromatic rings. The fraction of sp³-hybridized carbons (Fsp3) is 0.200. The van der Waals surface area contributed by atoms with Crippen LogP contribution in [0.25, 0.3) is 0 Å². The lowest BCUT2D eigenvalue weighted by Crippen LogP contribution is -2.22. The van der Waals surface area contributed by atoms with Crippen LogP contribution in [0.5, 0.6) is 0 Å². The van der Waals surface area contributed by atoms with Crippen molar-refractivity contribution in [2.45, 2.75) is 13.0 Å². The summed E-state index contributed by atoms with van der Waals surface area (Å²) in [5, 5.41) is 5.38. The van der Waals surface area contributed by atoms with Crippen LogP contribution < -0.4 is 5.32 Å². The van der Waals surface area contributed by atoms with E-state index in [9.17, 15) is 0 Å². The van der Waals surface area contributed by atoms with E-state index in [1.807, 2.05) is 36.4 Å². The number of halogens is 3. The molecule has 0 saturated heterocycles. The molecule has 4 heteroatoms. The lowest BCUT2D eigenvalue weighted by Gasteiger charge is -2.20. The van der Waals surface area contributed by atoms with Crippen LogP contribution in [0.2, 0.25) is 15.1 Å². The zero-order valence-electron chi connectivity index (χ0n) is 10.5. The molecule has 1 unspecified atom stereocenters. The SMILES string of the molecule is CCNC(c1cc(Cl)cc(Cl)c1)c1ccccc1Cl. The predicted octanol–water partition coefficient (Wildman–Crippen LogP) is 5.35. The second-order valence-electron chi connectivity index (χ2n) is 4.21. The molecule has 0 aromatic heterocycles. The quantitative estimate of drug-likeness (QED) is 0.802. The largest absolute Gasteiger partial charge is 0.306 e. The maximum absolute atomic E-state index is 6.28. The maximum atomic E-state index is 6.28. The van der Waals surface area contributed by atoms with Gasteiger partial charge in [-0.3, -0.25) is 0 Å². The first-order chi connectivity index (χ1) is 9.11. The number of benzene rings is 2. The lowest BCUT2D eigenvalue weighted by molar-refractivity contribution is 0.631. The molecule has 0 radical (unpaired) electrons. The molecule has 1 nitrogen and oxygen atoms in total. The highest BCUT2D eigenvalue weighted by Crippen LogP contribution is 2.31. The van der Waals surface area contributed by atoms with E-state index in [-0.39, 0.29) is 6.04 Å². The van der Waals surface area contributed by atoms with Crippen LogP contribution >= 0.6 is 34.8 Å². The second-order valence-corrected chi connectivity index (χ2v) is 5.50. The van der Waals surface area contributed by atoms with Gasteiger partial charge >= 0.3 is 0 Å². The lowest BCUT2D eigenvalue weighted by atomic mass is 9.98. The average molecular weight is 315 g/mol. The third kappa shape index (κ3) is 3.64. The van der Waals surface area contributed by atoms with Gasteiger partial charge in [0.1, 0.15) is 0 Å². The van der Waals surface area contributed by atoms with E-state index in [1.54, 1.807) is 6.07 Å². The molecule has 2 aromatic carbocycles. The van der Waals surface area contributed by atoms with Crippen LogP contribution in [0.15, 0.2) is 42.5 Å². The fourth-order valence-corrected chi connectivity index (χ4v) is 2.85. The maximum Gasteiger partial charge on any atom is 0.0592 e. The molecular formula is C15H14Cl3N. The number of rotatable bonds is 4. The smallest absolute Gasteiger partial charge is 0.0592 e. The molecule has 0 aliphatic carbocycles. The minimum Gasteiger partial charge on any atom is -0.306 e.